The summed E-state index contributed by atoms with van der Waals surface area (Å²) in [5.41, 5.74) is 1.21. The zero-order chi connectivity index (χ0) is 20.9. The molecule has 1 saturated heterocycles. The number of ether oxygens (including phenoxy) is 1. The van der Waals surface area contributed by atoms with Gasteiger partial charge in [-0.1, -0.05) is 37.3 Å². The summed E-state index contributed by atoms with van der Waals surface area (Å²) >= 11 is 0. The van der Waals surface area contributed by atoms with Crippen LogP contribution in [0.25, 0.3) is 0 Å². The Morgan fingerprint density at radius 3 is 2.48 bits per heavy atom. The Morgan fingerprint density at radius 2 is 1.86 bits per heavy atom. The molecular formula is C20H25N3O5S. The van der Waals surface area contributed by atoms with Gasteiger partial charge in [0.05, 0.1) is 23.0 Å². The van der Waals surface area contributed by atoms with E-state index in [1.807, 2.05) is 30.3 Å². The van der Waals surface area contributed by atoms with Gasteiger partial charge in [0.1, 0.15) is 5.69 Å². The standard InChI is InChI=1S/C20H25N3O5S/c1-2-16(17-6-4-3-5-7-17)15-21-19-9-8-18(14-20(19)23(24)25)29(26,27)22-10-12-28-13-11-22/h3-9,14,16,21H,2,10-13,15H2,1H3. The van der Waals surface area contributed by atoms with Crippen LogP contribution in [0.5, 0.6) is 0 Å². The molecule has 0 amide bonds. The fourth-order valence-corrected chi connectivity index (χ4v) is 4.79. The van der Waals surface area contributed by atoms with E-state index >= 15 is 0 Å². The number of hydrogen-bond donors (Lipinski definition) is 1. The van der Waals surface area contributed by atoms with E-state index in [1.54, 1.807) is 0 Å². The maximum Gasteiger partial charge on any atom is 0.293 e. The Kier molecular flexibility index (Phi) is 6.83. The van der Waals surface area contributed by atoms with Gasteiger partial charge in [0, 0.05) is 31.6 Å². The summed E-state index contributed by atoms with van der Waals surface area (Å²) in [5.74, 6) is 0.188. The summed E-state index contributed by atoms with van der Waals surface area (Å²) in [6, 6.07) is 14.0. The van der Waals surface area contributed by atoms with Crippen molar-refractivity contribution in [3.63, 3.8) is 0 Å². The predicted molar refractivity (Wildman–Crippen MR) is 111 cm³/mol. The summed E-state index contributed by atoms with van der Waals surface area (Å²) in [5, 5.41) is 14.7. The van der Waals surface area contributed by atoms with Gasteiger partial charge in [0.2, 0.25) is 10.0 Å². The molecule has 1 aliphatic rings. The van der Waals surface area contributed by atoms with Crippen molar-refractivity contribution in [2.24, 2.45) is 0 Å². The molecular weight excluding hydrogens is 394 g/mol. The largest absolute Gasteiger partial charge is 0.379 e. The SMILES string of the molecule is CCC(CNc1ccc(S(=O)(=O)N2CCOCC2)cc1[N+](=O)[O-])c1ccccc1. The fraction of sp³-hybridized carbons (Fsp3) is 0.400. The van der Waals surface area contributed by atoms with Crippen molar-refractivity contribution in [3.8, 4) is 0 Å². The van der Waals surface area contributed by atoms with Gasteiger partial charge in [0.25, 0.3) is 5.69 Å². The number of benzene rings is 2. The van der Waals surface area contributed by atoms with E-state index in [-0.39, 0.29) is 29.6 Å². The van der Waals surface area contributed by atoms with Gasteiger partial charge < -0.3 is 10.1 Å². The molecule has 0 aliphatic carbocycles. The summed E-state index contributed by atoms with van der Waals surface area (Å²) in [7, 11) is -3.79. The first-order valence-corrected chi connectivity index (χ1v) is 11.0. The van der Waals surface area contributed by atoms with Gasteiger partial charge in [-0.25, -0.2) is 8.42 Å². The second-order valence-corrected chi connectivity index (χ2v) is 8.79. The van der Waals surface area contributed by atoms with E-state index in [1.165, 1.54) is 16.4 Å². The minimum absolute atomic E-state index is 0.0771. The molecule has 0 spiro atoms. The molecule has 2 aromatic carbocycles. The highest BCUT2D eigenvalue weighted by Crippen LogP contribution is 2.30. The first kappa shape index (κ1) is 21.2. The molecule has 9 heteroatoms. The van der Waals surface area contributed by atoms with Crippen molar-refractivity contribution in [3.05, 3.63) is 64.2 Å². The van der Waals surface area contributed by atoms with Crippen LogP contribution in [0.3, 0.4) is 0 Å². The number of sulfonamides is 1. The highest BCUT2D eigenvalue weighted by atomic mass is 32.2. The van der Waals surface area contributed by atoms with Gasteiger partial charge in [0.15, 0.2) is 0 Å². The molecule has 8 nitrogen and oxygen atoms in total. The van der Waals surface area contributed by atoms with E-state index in [0.29, 0.717) is 25.4 Å². The lowest BCUT2D eigenvalue weighted by Crippen LogP contribution is -2.40. The molecule has 1 atom stereocenters. The zero-order valence-electron chi connectivity index (χ0n) is 16.3. The van der Waals surface area contributed by atoms with Crippen molar-refractivity contribution in [2.75, 3.05) is 38.2 Å². The Balaban J connectivity index is 1.82. The van der Waals surface area contributed by atoms with Crippen LogP contribution in [0.4, 0.5) is 11.4 Å². The maximum absolute atomic E-state index is 12.8. The van der Waals surface area contributed by atoms with Crippen molar-refractivity contribution >= 4 is 21.4 Å². The van der Waals surface area contributed by atoms with Crippen LogP contribution in [0, 0.1) is 10.1 Å². The smallest absolute Gasteiger partial charge is 0.293 e. The molecule has 156 valence electrons. The summed E-state index contributed by atoms with van der Waals surface area (Å²) < 4.78 is 32.1. The molecule has 0 radical (unpaired) electrons. The third-order valence-corrected chi connectivity index (χ3v) is 6.97. The average Bonchev–Trinajstić information content (AvgIpc) is 2.75. The Hall–Kier alpha value is -2.49. The molecule has 1 heterocycles. The van der Waals surface area contributed by atoms with Gasteiger partial charge >= 0.3 is 0 Å². The number of nitrogens with one attached hydrogen (secondary N) is 1. The summed E-state index contributed by atoms with van der Waals surface area (Å²) in [6.07, 6.45) is 0.869. The maximum atomic E-state index is 12.8. The fourth-order valence-electron chi connectivity index (χ4n) is 3.36. The lowest BCUT2D eigenvalue weighted by Gasteiger charge is -2.26. The van der Waals surface area contributed by atoms with Crippen LogP contribution in [0.1, 0.15) is 24.8 Å². The molecule has 0 bridgehead atoms. The highest BCUT2D eigenvalue weighted by Gasteiger charge is 2.29. The molecule has 2 aromatic rings. The van der Waals surface area contributed by atoms with Gasteiger partial charge in [-0.3, -0.25) is 10.1 Å². The molecule has 1 fully saturated rings. The summed E-state index contributed by atoms with van der Waals surface area (Å²) in [6.45, 7) is 3.69. The minimum atomic E-state index is -3.79. The van der Waals surface area contributed by atoms with Crippen molar-refractivity contribution < 1.29 is 18.1 Å². The highest BCUT2D eigenvalue weighted by molar-refractivity contribution is 7.89. The second-order valence-electron chi connectivity index (χ2n) is 6.85. The quantitative estimate of drug-likeness (QED) is 0.521. The molecule has 29 heavy (non-hydrogen) atoms. The van der Waals surface area contributed by atoms with Crippen LogP contribution in [0.15, 0.2) is 53.4 Å². The normalized spacial score (nSPS) is 16.3. The second kappa shape index (κ2) is 9.34. The topological polar surface area (TPSA) is 102 Å². The predicted octanol–water partition coefficient (Wildman–Crippen LogP) is 3.22. The van der Waals surface area contributed by atoms with Crippen molar-refractivity contribution in [1.82, 2.24) is 4.31 Å². The molecule has 1 unspecified atom stereocenters. The number of nitro groups is 1. The van der Waals surface area contributed by atoms with Crippen LogP contribution in [-0.2, 0) is 14.8 Å². The monoisotopic (exact) mass is 419 g/mol. The van der Waals surface area contributed by atoms with E-state index in [0.717, 1.165) is 18.1 Å². The Morgan fingerprint density at radius 1 is 1.17 bits per heavy atom. The Bertz CT molecular complexity index is 944. The summed E-state index contributed by atoms with van der Waals surface area (Å²) in [4.78, 5) is 11.0. The van der Waals surface area contributed by atoms with Crippen LogP contribution >= 0.6 is 0 Å². The number of nitrogens with zero attached hydrogens (tertiary/aromatic N) is 2. The van der Waals surface area contributed by atoms with Crippen LogP contribution in [-0.4, -0.2) is 50.5 Å². The third kappa shape index (κ3) is 4.92. The Labute approximate surface area is 170 Å². The van der Waals surface area contributed by atoms with E-state index < -0.39 is 14.9 Å². The number of hydrogen-bond acceptors (Lipinski definition) is 6. The lowest BCUT2D eigenvalue weighted by molar-refractivity contribution is -0.384. The van der Waals surface area contributed by atoms with Crippen LogP contribution < -0.4 is 5.32 Å². The first-order chi connectivity index (χ1) is 13.9. The van der Waals surface area contributed by atoms with Crippen LogP contribution in [0.2, 0.25) is 0 Å². The zero-order valence-corrected chi connectivity index (χ0v) is 17.1. The molecule has 1 N–H and O–H groups in total. The van der Waals surface area contributed by atoms with Gasteiger partial charge in [-0.2, -0.15) is 4.31 Å². The average molecular weight is 420 g/mol. The molecule has 0 saturated carbocycles. The van der Waals surface area contributed by atoms with Gasteiger partial charge in [-0.05, 0) is 24.1 Å². The van der Waals surface area contributed by atoms with Crippen molar-refractivity contribution in [2.45, 2.75) is 24.2 Å². The molecule has 1 aliphatic heterocycles. The third-order valence-electron chi connectivity index (χ3n) is 5.08. The molecule has 3 rings (SSSR count). The van der Waals surface area contributed by atoms with Gasteiger partial charge in [-0.15, -0.1) is 0 Å². The van der Waals surface area contributed by atoms with E-state index in [2.05, 4.69) is 12.2 Å². The lowest BCUT2D eigenvalue weighted by atomic mass is 9.96. The number of anilines is 1. The van der Waals surface area contributed by atoms with E-state index in [9.17, 15) is 18.5 Å². The van der Waals surface area contributed by atoms with Crippen molar-refractivity contribution in [1.29, 1.82) is 0 Å². The van der Waals surface area contributed by atoms with E-state index in [4.69, 9.17) is 4.74 Å². The molecule has 0 aromatic heterocycles. The number of morpholine rings is 1. The number of rotatable bonds is 8. The number of nitro benzene ring substituents is 1. The minimum Gasteiger partial charge on any atom is -0.379 e. The first-order valence-electron chi connectivity index (χ1n) is 9.58.